The highest BCUT2D eigenvalue weighted by Gasteiger charge is 2.34. The van der Waals surface area contributed by atoms with Crippen molar-refractivity contribution in [2.75, 3.05) is 19.6 Å². The molecule has 1 aromatic rings. The van der Waals surface area contributed by atoms with Crippen LogP contribution in [0, 0.1) is 0 Å². The van der Waals surface area contributed by atoms with E-state index in [1.165, 1.54) is 31.5 Å². The number of nitrogens with one attached hydrogen (secondary N) is 1. The van der Waals surface area contributed by atoms with E-state index in [-0.39, 0.29) is 0 Å². The quantitative estimate of drug-likeness (QED) is 0.886. The second kappa shape index (κ2) is 5.51. The molecule has 2 atom stereocenters. The minimum atomic E-state index is 0.336. The van der Waals surface area contributed by atoms with E-state index in [1.807, 2.05) is 0 Å². The Bertz CT molecular complexity index is 336. The Morgan fingerprint density at radius 2 is 2.41 bits per heavy atom. The van der Waals surface area contributed by atoms with E-state index in [4.69, 9.17) is 0 Å². The molecule has 1 aliphatic heterocycles. The number of hydrogen-bond donors (Lipinski definition) is 1. The van der Waals surface area contributed by atoms with E-state index in [1.54, 1.807) is 11.3 Å². The van der Waals surface area contributed by atoms with Crippen molar-refractivity contribution in [2.24, 2.45) is 0 Å². The average Bonchev–Trinajstić information content (AvgIpc) is 2.83. The molecule has 1 fully saturated rings. The second-order valence-corrected chi connectivity index (χ2v) is 6.24. The lowest BCUT2D eigenvalue weighted by Crippen LogP contribution is -2.62. The fourth-order valence-electron chi connectivity index (χ4n) is 2.53. The fourth-order valence-corrected chi connectivity index (χ4v) is 3.23. The highest BCUT2D eigenvalue weighted by molar-refractivity contribution is 7.07. The molecule has 2 rings (SSSR count). The lowest BCUT2D eigenvalue weighted by atomic mass is 9.92. The topological polar surface area (TPSA) is 15.3 Å². The molecule has 1 N–H and O–H groups in total. The maximum Gasteiger partial charge on any atom is 0.0304 e. The largest absolute Gasteiger partial charge is 0.311 e. The molecule has 0 aliphatic carbocycles. The van der Waals surface area contributed by atoms with Crippen molar-refractivity contribution in [2.45, 2.75) is 45.2 Å². The van der Waals surface area contributed by atoms with Crippen molar-refractivity contribution in [3.05, 3.63) is 22.4 Å². The van der Waals surface area contributed by atoms with Gasteiger partial charge in [-0.1, -0.05) is 6.92 Å². The molecule has 2 unspecified atom stereocenters. The monoisotopic (exact) mass is 252 g/mol. The summed E-state index contributed by atoms with van der Waals surface area (Å²) in [5, 5.41) is 8.06. The van der Waals surface area contributed by atoms with Gasteiger partial charge in [0.2, 0.25) is 0 Å². The number of hydrogen-bond acceptors (Lipinski definition) is 3. The zero-order chi connectivity index (χ0) is 12.3. The van der Waals surface area contributed by atoms with Gasteiger partial charge in [0.05, 0.1) is 0 Å². The third-order valence-corrected chi connectivity index (χ3v) is 4.83. The number of thiophene rings is 1. The Hall–Kier alpha value is -0.380. The lowest BCUT2D eigenvalue weighted by Gasteiger charge is -2.47. The van der Waals surface area contributed by atoms with Gasteiger partial charge < -0.3 is 5.32 Å². The van der Waals surface area contributed by atoms with E-state index in [0.29, 0.717) is 11.6 Å². The maximum absolute atomic E-state index is 3.61. The van der Waals surface area contributed by atoms with Crippen molar-refractivity contribution in [3.63, 3.8) is 0 Å². The Kier molecular flexibility index (Phi) is 4.23. The van der Waals surface area contributed by atoms with Gasteiger partial charge in [-0.2, -0.15) is 11.3 Å². The van der Waals surface area contributed by atoms with E-state index < -0.39 is 0 Å². The van der Waals surface area contributed by atoms with Gasteiger partial charge in [-0.05, 0) is 49.1 Å². The molecule has 0 aromatic carbocycles. The van der Waals surface area contributed by atoms with E-state index in [2.05, 4.69) is 47.8 Å². The van der Waals surface area contributed by atoms with Gasteiger partial charge in [-0.3, -0.25) is 4.90 Å². The van der Waals surface area contributed by atoms with Crippen molar-refractivity contribution in [1.29, 1.82) is 0 Å². The van der Waals surface area contributed by atoms with Crippen LogP contribution in [0.1, 0.15) is 32.8 Å². The molecule has 2 nitrogen and oxygen atoms in total. The Balaban J connectivity index is 1.95. The van der Waals surface area contributed by atoms with E-state index in [0.717, 1.165) is 6.54 Å². The molecule has 0 radical (unpaired) electrons. The molecular formula is C14H24N2S. The predicted molar refractivity (Wildman–Crippen MR) is 75.8 cm³/mol. The first-order valence-electron chi connectivity index (χ1n) is 6.63. The van der Waals surface area contributed by atoms with Gasteiger partial charge >= 0.3 is 0 Å². The number of nitrogens with zero attached hydrogens (tertiary/aromatic N) is 1. The van der Waals surface area contributed by atoms with Crippen LogP contribution in [0.5, 0.6) is 0 Å². The van der Waals surface area contributed by atoms with Crippen LogP contribution in [0.2, 0.25) is 0 Å². The highest BCUT2D eigenvalue weighted by atomic mass is 32.1. The summed E-state index contributed by atoms with van der Waals surface area (Å²) in [6, 6.07) is 2.87. The highest BCUT2D eigenvalue weighted by Crippen LogP contribution is 2.23. The standard InChI is InChI=1S/C14H24N2S/c1-4-14(3)11-15-12(2)9-16(14)7-5-13-6-8-17-10-13/h6,8,10,12,15H,4-5,7,9,11H2,1-3H3. The summed E-state index contributed by atoms with van der Waals surface area (Å²) >= 11 is 1.80. The fraction of sp³-hybridized carbons (Fsp3) is 0.714. The normalized spacial score (nSPS) is 30.6. The summed E-state index contributed by atoms with van der Waals surface area (Å²) in [5.74, 6) is 0. The van der Waals surface area contributed by atoms with Crippen LogP contribution < -0.4 is 5.32 Å². The van der Waals surface area contributed by atoms with Crippen LogP contribution in [-0.4, -0.2) is 36.1 Å². The Labute approximate surface area is 109 Å². The molecule has 1 aromatic heterocycles. The smallest absolute Gasteiger partial charge is 0.0304 e. The number of piperazine rings is 1. The summed E-state index contributed by atoms with van der Waals surface area (Å²) in [4.78, 5) is 2.67. The Morgan fingerprint density at radius 3 is 3.06 bits per heavy atom. The van der Waals surface area contributed by atoms with Gasteiger partial charge in [0.25, 0.3) is 0 Å². The van der Waals surface area contributed by atoms with Crippen LogP contribution >= 0.6 is 11.3 Å². The van der Waals surface area contributed by atoms with Crippen molar-refractivity contribution in [3.8, 4) is 0 Å². The zero-order valence-corrected chi connectivity index (χ0v) is 12.0. The van der Waals surface area contributed by atoms with Crippen LogP contribution in [0.4, 0.5) is 0 Å². The predicted octanol–water partition coefficient (Wildman–Crippen LogP) is 2.75. The van der Waals surface area contributed by atoms with E-state index in [9.17, 15) is 0 Å². The molecule has 2 heterocycles. The molecule has 1 saturated heterocycles. The molecule has 0 spiro atoms. The molecule has 0 saturated carbocycles. The van der Waals surface area contributed by atoms with Crippen LogP contribution in [0.3, 0.4) is 0 Å². The maximum atomic E-state index is 3.61. The van der Waals surface area contributed by atoms with Gasteiger partial charge in [-0.25, -0.2) is 0 Å². The van der Waals surface area contributed by atoms with Gasteiger partial charge in [-0.15, -0.1) is 0 Å². The summed E-state index contributed by atoms with van der Waals surface area (Å²) < 4.78 is 0. The van der Waals surface area contributed by atoms with Crippen LogP contribution in [0.25, 0.3) is 0 Å². The molecule has 0 amide bonds. The van der Waals surface area contributed by atoms with Gasteiger partial charge in [0.1, 0.15) is 0 Å². The summed E-state index contributed by atoms with van der Waals surface area (Å²) in [5.41, 5.74) is 1.82. The summed E-state index contributed by atoms with van der Waals surface area (Å²) in [6.45, 7) is 10.5. The van der Waals surface area contributed by atoms with E-state index >= 15 is 0 Å². The minimum Gasteiger partial charge on any atom is -0.311 e. The van der Waals surface area contributed by atoms with Crippen LogP contribution in [0.15, 0.2) is 16.8 Å². The first-order chi connectivity index (χ1) is 8.14. The van der Waals surface area contributed by atoms with Crippen molar-refractivity contribution < 1.29 is 0 Å². The molecule has 17 heavy (non-hydrogen) atoms. The average molecular weight is 252 g/mol. The minimum absolute atomic E-state index is 0.336. The van der Waals surface area contributed by atoms with Crippen molar-refractivity contribution in [1.82, 2.24) is 10.2 Å². The third kappa shape index (κ3) is 3.09. The first-order valence-corrected chi connectivity index (χ1v) is 7.58. The molecule has 3 heteroatoms. The third-order valence-electron chi connectivity index (χ3n) is 4.10. The SMILES string of the molecule is CCC1(C)CNC(C)CN1CCc1ccsc1. The van der Waals surface area contributed by atoms with Crippen molar-refractivity contribution >= 4 is 11.3 Å². The second-order valence-electron chi connectivity index (χ2n) is 5.46. The van der Waals surface area contributed by atoms with Crippen LogP contribution in [-0.2, 0) is 6.42 Å². The first kappa shape index (κ1) is 13.1. The summed E-state index contributed by atoms with van der Waals surface area (Å²) in [7, 11) is 0. The van der Waals surface area contributed by atoms with Gasteiger partial charge in [0, 0.05) is 31.2 Å². The number of rotatable bonds is 4. The molecular weight excluding hydrogens is 228 g/mol. The zero-order valence-electron chi connectivity index (χ0n) is 11.2. The Morgan fingerprint density at radius 1 is 1.59 bits per heavy atom. The molecule has 0 bridgehead atoms. The molecule has 96 valence electrons. The van der Waals surface area contributed by atoms with Gasteiger partial charge in [0.15, 0.2) is 0 Å². The summed E-state index contributed by atoms with van der Waals surface area (Å²) in [6.07, 6.45) is 2.40. The lowest BCUT2D eigenvalue weighted by molar-refractivity contribution is 0.0539. The molecule has 1 aliphatic rings.